The van der Waals surface area contributed by atoms with E-state index in [1.54, 1.807) is 12.1 Å². The van der Waals surface area contributed by atoms with Crippen molar-refractivity contribution in [2.75, 3.05) is 18.5 Å². The molecule has 1 aliphatic heterocycles. The Morgan fingerprint density at radius 1 is 1.48 bits per heavy atom. The SMILES string of the molecule is N#Cc1ccc2ncc(N=O)c(NC3CCOCC3(F)F)c2c1. The van der Waals surface area contributed by atoms with E-state index in [1.165, 1.54) is 12.3 Å². The molecule has 0 aliphatic carbocycles. The number of nitriles is 1. The van der Waals surface area contributed by atoms with Gasteiger partial charge in [0.15, 0.2) is 0 Å². The third kappa shape index (κ3) is 2.83. The summed E-state index contributed by atoms with van der Waals surface area (Å²) in [6.07, 6.45) is 1.31. The molecule has 1 atom stereocenters. The van der Waals surface area contributed by atoms with Crippen molar-refractivity contribution in [2.45, 2.75) is 18.4 Å². The fourth-order valence-corrected chi connectivity index (χ4v) is 2.55. The van der Waals surface area contributed by atoms with Gasteiger partial charge in [0.25, 0.3) is 5.92 Å². The summed E-state index contributed by atoms with van der Waals surface area (Å²) in [5.41, 5.74) is 0.905. The fraction of sp³-hybridized carbons (Fsp3) is 0.333. The van der Waals surface area contributed by atoms with Crippen molar-refractivity contribution in [2.24, 2.45) is 5.18 Å². The molecule has 3 rings (SSSR count). The molecule has 2 heterocycles. The number of aromatic nitrogens is 1. The maximum atomic E-state index is 14.0. The van der Waals surface area contributed by atoms with E-state index >= 15 is 0 Å². The van der Waals surface area contributed by atoms with Crippen molar-refractivity contribution in [3.05, 3.63) is 34.9 Å². The first-order valence-corrected chi connectivity index (χ1v) is 6.93. The Hall–Kier alpha value is -2.66. The van der Waals surface area contributed by atoms with E-state index in [0.717, 1.165) is 0 Å². The van der Waals surface area contributed by atoms with Crippen molar-refractivity contribution in [1.82, 2.24) is 4.98 Å². The lowest BCUT2D eigenvalue weighted by molar-refractivity contribution is -0.122. The molecule has 1 aromatic heterocycles. The normalized spacial score (nSPS) is 20.0. The van der Waals surface area contributed by atoms with Crippen molar-refractivity contribution < 1.29 is 13.5 Å². The van der Waals surface area contributed by atoms with Crippen molar-refractivity contribution in [3.63, 3.8) is 0 Å². The summed E-state index contributed by atoms with van der Waals surface area (Å²) in [6.45, 7) is -0.482. The summed E-state index contributed by atoms with van der Waals surface area (Å²) in [6, 6.07) is 5.44. The number of nitroso groups, excluding NO2 is 1. The van der Waals surface area contributed by atoms with E-state index in [4.69, 9.17) is 10.00 Å². The largest absolute Gasteiger partial charge is 0.375 e. The van der Waals surface area contributed by atoms with Gasteiger partial charge in [-0.25, -0.2) is 8.78 Å². The molecule has 0 radical (unpaired) electrons. The number of pyridine rings is 1. The van der Waals surface area contributed by atoms with Crippen LogP contribution in [0.3, 0.4) is 0 Å². The van der Waals surface area contributed by atoms with Crippen LogP contribution in [0.1, 0.15) is 12.0 Å². The van der Waals surface area contributed by atoms with Crippen molar-refractivity contribution in [1.29, 1.82) is 5.26 Å². The highest BCUT2D eigenvalue weighted by molar-refractivity contribution is 5.97. The van der Waals surface area contributed by atoms with E-state index < -0.39 is 18.6 Å². The third-order valence-corrected chi connectivity index (χ3v) is 3.75. The van der Waals surface area contributed by atoms with Crippen LogP contribution >= 0.6 is 0 Å². The molecule has 1 saturated heterocycles. The van der Waals surface area contributed by atoms with Crippen LogP contribution in [0.25, 0.3) is 10.9 Å². The van der Waals surface area contributed by atoms with Crippen LogP contribution in [-0.4, -0.2) is 30.2 Å². The van der Waals surface area contributed by atoms with Crippen LogP contribution in [0.15, 0.2) is 29.6 Å². The van der Waals surface area contributed by atoms with Gasteiger partial charge in [0.2, 0.25) is 0 Å². The van der Waals surface area contributed by atoms with E-state index in [2.05, 4.69) is 15.5 Å². The molecule has 6 nitrogen and oxygen atoms in total. The number of rotatable bonds is 3. The molecule has 2 aromatic rings. The first-order valence-electron chi connectivity index (χ1n) is 6.93. The third-order valence-electron chi connectivity index (χ3n) is 3.75. The van der Waals surface area contributed by atoms with E-state index in [1.807, 2.05) is 6.07 Å². The van der Waals surface area contributed by atoms with Gasteiger partial charge in [-0.3, -0.25) is 4.98 Å². The minimum atomic E-state index is -3.07. The Morgan fingerprint density at radius 3 is 3.00 bits per heavy atom. The minimum Gasteiger partial charge on any atom is -0.375 e. The molecule has 1 unspecified atom stereocenters. The Bertz CT molecular complexity index is 804. The van der Waals surface area contributed by atoms with Crippen molar-refractivity contribution in [3.8, 4) is 6.07 Å². The molecule has 0 saturated carbocycles. The number of nitrogens with zero attached hydrogens (tertiary/aromatic N) is 3. The molecule has 1 N–H and O–H groups in total. The number of alkyl halides is 2. The Balaban J connectivity index is 2.10. The van der Waals surface area contributed by atoms with E-state index in [0.29, 0.717) is 16.5 Å². The monoisotopic (exact) mass is 318 g/mol. The topological polar surface area (TPSA) is 87.4 Å². The molecule has 0 bridgehead atoms. The maximum absolute atomic E-state index is 14.0. The minimum absolute atomic E-state index is 0.0742. The van der Waals surface area contributed by atoms with E-state index in [-0.39, 0.29) is 24.4 Å². The standard InChI is InChI=1S/C15H12F2N4O2/c16-15(17)8-23-4-3-13(15)20-14-10-5-9(6-18)1-2-11(10)19-7-12(14)21-22/h1-2,5,7,13H,3-4,8H2,(H,19,20). The zero-order chi connectivity index (χ0) is 16.4. The number of anilines is 1. The zero-order valence-electron chi connectivity index (χ0n) is 11.9. The molecule has 1 aliphatic rings. The average Bonchev–Trinajstić information content (AvgIpc) is 2.56. The first kappa shape index (κ1) is 15.2. The fourth-order valence-electron chi connectivity index (χ4n) is 2.55. The lowest BCUT2D eigenvalue weighted by Gasteiger charge is -2.32. The number of ether oxygens (including phenoxy) is 1. The highest BCUT2D eigenvalue weighted by atomic mass is 19.3. The van der Waals surface area contributed by atoms with Gasteiger partial charge in [0.1, 0.15) is 12.3 Å². The van der Waals surface area contributed by atoms with Crippen LogP contribution in [0.5, 0.6) is 0 Å². The second kappa shape index (κ2) is 5.85. The van der Waals surface area contributed by atoms with Crippen LogP contribution in [-0.2, 0) is 4.74 Å². The molecule has 0 spiro atoms. The summed E-state index contributed by atoms with van der Waals surface area (Å²) in [5, 5.41) is 15.0. The summed E-state index contributed by atoms with van der Waals surface area (Å²) in [4.78, 5) is 15.1. The lowest BCUT2D eigenvalue weighted by atomic mass is 10.0. The van der Waals surface area contributed by atoms with Crippen LogP contribution in [0.2, 0.25) is 0 Å². The van der Waals surface area contributed by atoms with Gasteiger partial charge in [-0.1, -0.05) is 0 Å². The highest BCUT2D eigenvalue weighted by Gasteiger charge is 2.43. The van der Waals surface area contributed by atoms with Crippen LogP contribution in [0, 0.1) is 16.2 Å². The summed E-state index contributed by atoms with van der Waals surface area (Å²) < 4.78 is 32.7. The van der Waals surface area contributed by atoms with Gasteiger partial charge in [-0.05, 0) is 29.8 Å². The summed E-state index contributed by atoms with van der Waals surface area (Å²) >= 11 is 0. The van der Waals surface area contributed by atoms with E-state index in [9.17, 15) is 13.7 Å². The predicted octanol–water partition coefficient (Wildman–Crippen LogP) is 3.34. The second-order valence-corrected chi connectivity index (χ2v) is 5.25. The predicted molar refractivity (Wildman–Crippen MR) is 79.7 cm³/mol. The molecule has 8 heteroatoms. The molecule has 0 amide bonds. The molecule has 1 fully saturated rings. The van der Waals surface area contributed by atoms with Gasteiger partial charge < -0.3 is 10.1 Å². The Kier molecular flexibility index (Phi) is 3.88. The number of fused-ring (bicyclic) bond motifs is 1. The van der Waals surface area contributed by atoms with Gasteiger partial charge in [-0.15, -0.1) is 4.91 Å². The van der Waals surface area contributed by atoms with Gasteiger partial charge in [0, 0.05) is 12.0 Å². The molecular weight excluding hydrogens is 306 g/mol. The summed E-state index contributed by atoms with van der Waals surface area (Å²) in [7, 11) is 0. The number of halogens is 2. The van der Waals surface area contributed by atoms with Crippen LogP contribution < -0.4 is 5.32 Å². The highest BCUT2D eigenvalue weighted by Crippen LogP contribution is 2.36. The number of hydrogen-bond donors (Lipinski definition) is 1. The Morgan fingerprint density at radius 2 is 2.30 bits per heavy atom. The van der Waals surface area contributed by atoms with Gasteiger partial charge >= 0.3 is 0 Å². The average molecular weight is 318 g/mol. The number of benzene rings is 1. The smallest absolute Gasteiger partial charge is 0.290 e. The zero-order valence-corrected chi connectivity index (χ0v) is 11.9. The molecule has 118 valence electrons. The first-order chi connectivity index (χ1) is 11.0. The summed E-state index contributed by atoms with van der Waals surface area (Å²) in [5.74, 6) is -3.07. The Labute approximate surface area is 130 Å². The van der Waals surface area contributed by atoms with Crippen LogP contribution in [0.4, 0.5) is 20.2 Å². The van der Waals surface area contributed by atoms with Crippen molar-refractivity contribution >= 4 is 22.3 Å². The number of nitrogens with one attached hydrogen (secondary N) is 1. The number of hydrogen-bond acceptors (Lipinski definition) is 6. The maximum Gasteiger partial charge on any atom is 0.290 e. The lowest BCUT2D eigenvalue weighted by Crippen LogP contribution is -2.47. The molecule has 23 heavy (non-hydrogen) atoms. The molecular formula is C15H12F2N4O2. The second-order valence-electron chi connectivity index (χ2n) is 5.25. The van der Waals surface area contributed by atoms with Gasteiger partial charge in [-0.2, -0.15) is 5.26 Å². The van der Waals surface area contributed by atoms with Gasteiger partial charge in [0.05, 0.1) is 35.1 Å². The molecule has 1 aromatic carbocycles. The quantitative estimate of drug-likeness (QED) is 0.877.